The number of likely N-dealkylation sites (tertiary alicyclic amines) is 1. The van der Waals surface area contributed by atoms with Crippen LogP contribution in [0.15, 0.2) is 0 Å². The molecule has 0 aliphatic carbocycles. The molecular formula is C11H19N3O2. The van der Waals surface area contributed by atoms with Crippen LogP contribution in [0.1, 0.15) is 32.6 Å². The lowest BCUT2D eigenvalue weighted by molar-refractivity contribution is -0.125. The van der Waals surface area contributed by atoms with Gasteiger partial charge in [0.05, 0.1) is 0 Å². The first-order valence-electron chi connectivity index (χ1n) is 6.02. The maximum atomic E-state index is 11.7. The zero-order valence-electron chi connectivity index (χ0n) is 9.71. The Bertz CT molecular complexity index is 296. The van der Waals surface area contributed by atoms with Crippen LogP contribution in [-0.4, -0.2) is 42.0 Å². The average Bonchev–Trinajstić information content (AvgIpc) is 2.53. The lowest BCUT2D eigenvalue weighted by atomic mass is 9.87. The monoisotopic (exact) mass is 225 g/mol. The smallest absolute Gasteiger partial charge is 0.322 e. The molecule has 0 aromatic carbocycles. The van der Waals surface area contributed by atoms with E-state index in [1.54, 1.807) is 0 Å². The van der Waals surface area contributed by atoms with Crippen molar-refractivity contribution >= 4 is 11.9 Å². The standard InChI is InChI=1S/C11H19N3O2/c1-2-3-6-14-7-4-11(5-8-14)9(15)12-10(16)13-11/h2-8H2,1H3,(H2,12,13,15,16). The van der Waals surface area contributed by atoms with Crippen LogP contribution in [0.3, 0.4) is 0 Å². The lowest BCUT2D eigenvalue weighted by Gasteiger charge is -2.36. The molecule has 2 aliphatic heterocycles. The SMILES string of the molecule is CCCCN1CCC2(CC1)NC(=O)NC2=O. The minimum Gasteiger partial charge on any atom is -0.323 e. The van der Waals surface area contributed by atoms with E-state index in [4.69, 9.17) is 0 Å². The van der Waals surface area contributed by atoms with Crippen molar-refractivity contribution in [3.05, 3.63) is 0 Å². The molecule has 5 nitrogen and oxygen atoms in total. The predicted molar refractivity (Wildman–Crippen MR) is 60.0 cm³/mol. The third-order valence-corrected chi connectivity index (χ3v) is 3.55. The number of nitrogens with zero attached hydrogens (tertiary/aromatic N) is 1. The van der Waals surface area contributed by atoms with Crippen molar-refractivity contribution in [1.29, 1.82) is 0 Å². The van der Waals surface area contributed by atoms with Crippen LogP contribution < -0.4 is 10.6 Å². The van der Waals surface area contributed by atoms with E-state index in [2.05, 4.69) is 22.5 Å². The van der Waals surface area contributed by atoms with Gasteiger partial charge in [-0.3, -0.25) is 10.1 Å². The number of unbranched alkanes of at least 4 members (excludes halogenated alkanes) is 1. The fourth-order valence-corrected chi connectivity index (χ4v) is 2.42. The Hall–Kier alpha value is -1.10. The van der Waals surface area contributed by atoms with Gasteiger partial charge in [-0.1, -0.05) is 13.3 Å². The molecule has 0 bridgehead atoms. The number of piperidine rings is 1. The summed E-state index contributed by atoms with van der Waals surface area (Å²) in [7, 11) is 0. The van der Waals surface area contributed by atoms with Gasteiger partial charge in [0.15, 0.2) is 0 Å². The molecule has 5 heteroatoms. The van der Waals surface area contributed by atoms with Gasteiger partial charge in [0.25, 0.3) is 5.91 Å². The molecular weight excluding hydrogens is 206 g/mol. The maximum Gasteiger partial charge on any atom is 0.322 e. The van der Waals surface area contributed by atoms with E-state index in [-0.39, 0.29) is 11.9 Å². The predicted octanol–water partition coefficient (Wildman–Crippen LogP) is 0.461. The Morgan fingerprint density at radius 3 is 2.50 bits per heavy atom. The number of hydrogen-bond acceptors (Lipinski definition) is 3. The summed E-state index contributed by atoms with van der Waals surface area (Å²) in [6.07, 6.45) is 3.85. The molecule has 0 saturated carbocycles. The Kier molecular flexibility index (Phi) is 3.14. The summed E-state index contributed by atoms with van der Waals surface area (Å²) in [6.45, 7) is 5.07. The van der Waals surface area contributed by atoms with E-state index in [9.17, 15) is 9.59 Å². The zero-order chi connectivity index (χ0) is 11.6. The molecule has 0 atom stereocenters. The minimum atomic E-state index is -0.611. The number of amides is 3. The van der Waals surface area contributed by atoms with Gasteiger partial charge in [-0.15, -0.1) is 0 Å². The van der Waals surface area contributed by atoms with Crippen molar-refractivity contribution in [1.82, 2.24) is 15.5 Å². The first-order valence-corrected chi connectivity index (χ1v) is 6.02. The first-order chi connectivity index (χ1) is 7.66. The number of imide groups is 1. The summed E-state index contributed by atoms with van der Waals surface area (Å²) in [5, 5.41) is 5.10. The number of nitrogens with one attached hydrogen (secondary N) is 2. The number of carbonyl (C=O) groups excluding carboxylic acids is 2. The third kappa shape index (κ3) is 2.04. The number of hydrogen-bond donors (Lipinski definition) is 2. The van der Waals surface area contributed by atoms with Crippen LogP contribution in [0.5, 0.6) is 0 Å². The molecule has 0 unspecified atom stereocenters. The Morgan fingerprint density at radius 2 is 2.00 bits per heavy atom. The van der Waals surface area contributed by atoms with E-state index in [0.29, 0.717) is 0 Å². The zero-order valence-corrected chi connectivity index (χ0v) is 9.71. The summed E-state index contributed by atoms with van der Waals surface area (Å²) in [5.41, 5.74) is -0.611. The molecule has 16 heavy (non-hydrogen) atoms. The molecule has 1 spiro atoms. The second-order valence-electron chi connectivity index (χ2n) is 4.69. The molecule has 90 valence electrons. The van der Waals surface area contributed by atoms with E-state index in [1.807, 2.05) is 0 Å². The van der Waals surface area contributed by atoms with Crippen LogP contribution >= 0.6 is 0 Å². The van der Waals surface area contributed by atoms with Gasteiger partial charge in [0, 0.05) is 13.1 Å². The molecule has 0 aromatic rings. The minimum absolute atomic E-state index is 0.146. The lowest BCUT2D eigenvalue weighted by Crippen LogP contribution is -2.54. The average molecular weight is 225 g/mol. The number of urea groups is 1. The highest BCUT2D eigenvalue weighted by Crippen LogP contribution is 2.25. The fraction of sp³-hybridized carbons (Fsp3) is 0.818. The van der Waals surface area contributed by atoms with Crippen molar-refractivity contribution in [3.63, 3.8) is 0 Å². The Morgan fingerprint density at radius 1 is 1.31 bits per heavy atom. The maximum absolute atomic E-state index is 11.7. The van der Waals surface area contributed by atoms with Gasteiger partial charge in [-0.05, 0) is 25.8 Å². The van der Waals surface area contributed by atoms with Crippen LogP contribution in [0.2, 0.25) is 0 Å². The van der Waals surface area contributed by atoms with E-state index < -0.39 is 5.54 Å². The normalized spacial score (nSPS) is 24.6. The van der Waals surface area contributed by atoms with Gasteiger partial charge in [-0.2, -0.15) is 0 Å². The third-order valence-electron chi connectivity index (χ3n) is 3.55. The van der Waals surface area contributed by atoms with Gasteiger partial charge in [0.1, 0.15) is 5.54 Å². The highest BCUT2D eigenvalue weighted by Gasteiger charge is 2.47. The van der Waals surface area contributed by atoms with Gasteiger partial charge in [-0.25, -0.2) is 4.79 Å². The molecule has 0 radical (unpaired) electrons. The van der Waals surface area contributed by atoms with Crippen LogP contribution in [0.25, 0.3) is 0 Å². The summed E-state index contributed by atoms with van der Waals surface area (Å²) < 4.78 is 0. The summed E-state index contributed by atoms with van der Waals surface area (Å²) >= 11 is 0. The topological polar surface area (TPSA) is 61.4 Å². The number of carbonyl (C=O) groups is 2. The molecule has 2 fully saturated rings. The van der Waals surface area contributed by atoms with Crippen molar-refractivity contribution in [3.8, 4) is 0 Å². The molecule has 2 heterocycles. The molecule has 0 aromatic heterocycles. The molecule has 2 N–H and O–H groups in total. The van der Waals surface area contributed by atoms with Crippen molar-refractivity contribution in [2.45, 2.75) is 38.1 Å². The van der Waals surface area contributed by atoms with Crippen LogP contribution in [0.4, 0.5) is 4.79 Å². The summed E-state index contributed by atoms with van der Waals surface area (Å²) in [4.78, 5) is 25.2. The second kappa shape index (κ2) is 4.41. The van der Waals surface area contributed by atoms with Crippen LogP contribution in [0, 0.1) is 0 Å². The first kappa shape index (κ1) is 11.4. The summed E-state index contributed by atoms with van der Waals surface area (Å²) in [5.74, 6) is -0.146. The van der Waals surface area contributed by atoms with E-state index >= 15 is 0 Å². The quantitative estimate of drug-likeness (QED) is 0.686. The second-order valence-corrected chi connectivity index (χ2v) is 4.69. The van der Waals surface area contributed by atoms with Crippen molar-refractivity contribution in [2.75, 3.05) is 19.6 Å². The van der Waals surface area contributed by atoms with E-state index in [0.717, 1.165) is 32.5 Å². The largest absolute Gasteiger partial charge is 0.323 e. The number of rotatable bonds is 3. The molecule has 2 saturated heterocycles. The molecule has 2 aliphatic rings. The van der Waals surface area contributed by atoms with Crippen molar-refractivity contribution < 1.29 is 9.59 Å². The van der Waals surface area contributed by atoms with Gasteiger partial charge >= 0.3 is 6.03 Å². The fourth-order valence-electron chi connectivity index (χ4n) is 2.42. The van der Waals surface area contributed by atoms with Gasteiger partial charge in [0.2, 0.25) is 0 Å². The highest BCUT2D eigenvalue weighted by molar-refractivity contribution is 6.07. The Labute approximate surface area is 95.6 Å². The summed E-state index contributed by atoms with van der Waals surface area (Å²) in [6, 6.07) is -0.341. The molecule has 3 amide bonds. The van der Waals surface area contributed by atoms with Gasteiger partial charge < -0.3 is 10.2 Å². The Balaban J connectivity index is 1.89. The highest BCUT2D eigenvalue weighted by atomic mass is 16.2. The molecule has 2 rings (SSSR count). The van der Waals surface area contributed by atoms with Crippen LogP contribution in [-0.2, 0) is 4.79 Å². The van der Waals surface area contributed by atoms with Crippen molar-refractivity contribution in [2.24, 2.45) is 0 Å². The van der Waals surface area contributed by atoms with E-state index in [1.165, 1.54) is 12.8 Å².